The molecule has 2 atom stereocenters. The number of hydrogen-bond donors (Lipinski definition) is 3. The summed E-state index contributed by atoms with van der Waals surface area (Å²) < 4.78 is 5.43. The molecule has 1 aliphatic carbocycles. The van der Waals surface area contributed by atoms with Gasteiger partial charge in [0.05, 0.1) is 11.8 Å². The first-order valence-electron chi connectivity index (χ1n) is 12.7. The molecule has 2 unspecified atom stereocenters. The Morgan fingerprint density at radius 3 is 2.43 bits per heavy atom. The number of nitrogens with zero attached hydrogens (tertiary/aromatic N) is 1. The van der Waals surface area contributed by atoms with Gasteiger partial charge in [-0.05, 0) is 60.9 Å². The third-order valence-electron chi connectivity index (χ3n) is 6.63. The summed E-state index contributed by atoms with van der Waals surface area (Å²) in [6.45, 7) is 1.89. The van der Waals surface area contributed by atoms with Gasteiger partial charge in [0.1, 0.15) is 5.75 Å². The molecule has 8 nitrogen and oxygen atoms in total. The predicted octanol–water partition coefficient (Wildman–Crippen LogP) is 5.03. The smallest absolute Gasteiger partial charge is 0.315 e. The first-order valence-corrected chi connectivity index (χ1v) is 12.7. The quantitative estimate of drug-likeness (QED) is 0.274. The lowest BCUT2D eigenvalue weighted by molar-refractivity contribution is -0.143. The Kier molecular flexibility index (Phi) is 10.6. The molecule has 8 heteroatoms. The summed E-state index contributed by atoms with van der Waals surface area (Å²) in [7, 11) is 0. The number of rotatable bonds is 9. The number of amides is 1. The average Bonchev–Trinajstić information content (AvgIpc) is 3.40. The van der Waals surface area contributed by atoms with Crippen molar-refractivity contribution in [2.24, 2.45) is 23.5 Å². The summed E-state index contributed by atoms with van der Waals surface area (Å²) in [4.78, 5) is 39.7. The highest BCUT2D eigenvalue weighted by Gasteiger charge is 2.33. The minimum atomic E-state index is -0.686. The Hall–Kier alpha value is -3.78. The highest BCUT2D eigenvalue weighted by Crippen LogP contribution is 2.27. The van der Waals surface area contributed by atoms with Crippen LogP contribution in [0.5, 0.6) is 5.75 Å². The number of carboxylic acid groups (broad SMARTS) is 1. The summed E-state index contributed by atoms with van der Waals surface area (Å²) >= 11 is 0. The molecule has 1 fully saturated rings. The first-order chi connectivity index (χ1) is 17.9. The Labute approximate surface area is 217 Å². The first kappa shape index (κ1) is 27.8. The molecule has 0 bridgehead atoms. The second kappa shape index (κ2) is 14.1. The standard InChI is InChI=1S/C22H23N3O3.C7H12O2/c1-2-19(22(27)28-18-6-4-3-5-7-18)20(13-23)21(26)25-17-9-8-16-14-24-11-10-15(16)12-17;8-7(9)5-6-3-1-2-4-6/h3-12,14,19-20H,2,13,23H2,1H3,(H,25,26);6H,1-5H2,(H,8,9). The number of esters is 1. The molecule has 0 spiro atoms. The molecule has 3 aromatic rings. The van der Waals surface area contributed by atoms with E-state index in [-0.39, 0.29) is 12.5 Å². The number of carbonyl (C=O) groups is 3. The van der Waals surface area contributed by atoms with Gasteiger partial charge in [-0.1, -0.05) is 44.0 Å². The van der Waals surface area contributed by atoms with Gasteiger partial charge in [-0.15, -0.1) is 0 Å². The summed E-state index contributed by atoms with van der Waals surface area (Å²) in [5.74, 6) is -1.77. The lowest BCUT2D eigenvalue weighted by Gasteiger charge is -2.23. The normalized spacial score (nSPS) is 14.8. The van der Waals surface area contributed by atoms with E-state index in [0.29, 0.717) is 30.2 Å². The number of aliphatic carboxylic acids is 1. The number of nitrogens with two attached hydrogens (primary N) is 1. The number of pyridine rings is 1. The molecule has 0 saturated heterocycles. The molecule has 1 aromatic heterocycles. The fourth-order valence-electron chi connectivity index (χ4n) is 4.61. The molecule has 37 heavy (non-hydrogen) atoms. The molecular formula is C29H35N3O5. The van der Waals surface area contributed by atoms with Gasteiger partial charge in [0.15, 0.2) is 0 Å². The average molecular weight is 506 g/mol. The fraction of sp³-hybridized carbons (Fsp3) is 0.379. The van der Waals surface area contributed by atoms with Gasteiger partial charge in [0, 0.05) is 36.4 Å². The van der Waals surface area contributed by atoms with Crippen molar-refractivity contribution < 1.29 is 24.2 Å². The maximum atomic E-state index is 12.8. The Balaban J connectivity index is 0.000000356. The van der Waals surface area contributed by atoms with Gasteiger partial charge in [0.2, 0.25) is 5.91 Å². The van der Waals surface area contributed by atoms with Crippen LogP contribution < -0.4 is 15.8 Å². The second-order valence-electron chi connectivity index (χ2n) is 9.27. The zero-order valence-electron chi connectivity index (χ0n) is 21.1. The van der Waals surface area contributed by atoms with E-state index >= 15 is 0 Å². The molecule has 1 aliphatic rings. The molecule has 4 rings (SSSR count). The number of anilines is 1. The van der Waals surface area contributed by atoms with E-state index in [1.807, 2.05) is 31.2 Å². The van der Waals surface area contributed by atoms with E-state index < -0.39 is 23.8 Å². The third kappa shape index (κ3) is 8.39. The number of carboxylic acids is 1. The largest absolute Gasteiger partial charge is 0.481 e. The molecule has 0 radical (unpaired) electrons. The fourth-order valence-corrected chi connectivity index (χ4v) is 4.61. The third-order valence-corrected chi connectivity index (χ3v) is 6.63. The number of fused-ring (bicyclic) bond motifs is 1. The lowest BCUT2D eigenvalue weighted by atomic mass is 9.89. The zero-order chi connectivity index (χ0) is 26.6. The van der Waals surface area contributed by atoms with Crippen LogP contribution in [0.15, 0.2) is 67.0 Å². The Morgan fingerprint density at radius 1 is 1.05 bits per heavy atom. The van der Waals surface area contributed by atoms with Crippen LogP contribution in [0.3, 0.4) is 0 Å². The van der Waals surface area contributed by atoms with Crippen molar-refractivity contribution in [2.45, 2.75) is 45.4 Å². The Bertz CT molecular complexity index is 1180. The van der Waals surface area contributed by atoms with Crippen LogP contribution in [-0.4, -0.2) is 34.5 Å². The number of nitrogens with one attached hydrogen (secondary N) is 1. The highest BCUT2D eigenvalue weighted by atomic mass is 16.5. The number of hydrogen-bond acceptors (Lipinski definition) is 6. The zero-order valence-corrected chi connectivity index (χ0v) is 21.1. The van der Waals surface area contributed by atoms with Crippen molar-refractivity contribution in [1.29, 1.82) is 0 Å². The minimum Gasteiger partial charge on any atom is -0.481 e. The number of aromatic nitrogens is 1. The maximum Gasteiger partial charge on any atom is 0.315 e. The van der Waals surface area contributed by atoms with Crippen LogP contribution in [0.1, 0.15) is 45.4 Å². The van der Waals surface area contributed by atoms with Crippen LogP contribution in [0.25, 0.3) is 10.8 Å². The summed E-state index contributed by atoms with van der Waals surface area (Å²) in [5.41, 5.74) is 6.50. The summed E-state index contributed by atoms with van der Waals surface area (Å²) in [6.07, 6.45) is 9.03. The van der Waals surface area contributed by atoms with Crippen molar-refractivity contribution in [3.8, 4) is 5.75 Å². The van der Waals surface area contributed by atoms with Crippen LogP contribution in [0.4, 0.5) is 5.69 Å². The van der Waals surface area contributed by atoms with E-state index in [2.05, 4.69) is 10.3 Å². The maximum absolute atomic E-state index is 12.8. The number of carbonyl (C=O) groups excluding carboxylic acids is 2. The summed E-state index contributed by atoms with van der Waals surface area (Å²) in [5, 5.41) is 13.2. The van der Waals surface area contributed by atoms with Gasteiger partial charge in [-0.3, -0.25) is 19.4 Å². The molecule has 196 valence electrons. The van der Waals surface area contributed by atoms with Crippen LogP contribution >= 0.6 is 0 Å². The Morgan fingerprint density at radius 2 is 1.78 bits per heavy atom. The van der Waals surface area contributed by atoms with Crippen LogP contribution in [0, 0.1) is 17.8 Å². The molecule has 1 amide bonds. The molecule has 0 aliphatic heterocycles. The van der Waals surface area contributed by atoms with Gasteiger partial charge in [0.25, 0.3) is 0 Å². The van der Waals surface area contributed by atoms with E-state index in [1.54, 1.807) is 42.7 Å². The van der Waals surface area contributed by atoms with Crippen molar-refractivity contribution in [1.82, 2.24) is 4.98 Å². The van der Waals surface area contributed by atoms with Gasteiger partial charge < -0.3 is 20.9 Å². The number of para-hydroxylation sites is 1. The summed E-state index contributed by atoms with van der Waals surface area (Å²) in [6, 6.07) is 16.2. The van der Waals surface area contributed by atoms with Gasteiger partial charge in [-0.2, -0.15) is 0 Å². The molecular weight excluding hydrogens is 470 g/mol. The van der Waals surface area contributed by atoms with Crippen molar-refractivity contribution >= 4 is 34.3 Å². The van der Waals surface area contributed by atoms with Crippen molar-refractivity contribution in [3.05, 3.63) is 67.0 Å². The molecule has 1 saturated carbocycles. The van der Waals surface area contributed by atoms with Gasteiger partial charge >= 0.3 is 11.9 Å². The minimum absolute atomic E-state index is 0.0474. The number of ether oxygens (including phenoxy) is 1. The monoisotopic (exact) mass is 505 g/mol. The number of benzene rings is 2. The topological polar surface area (TPSA) is 132 Å². The SMILES string of the molecule is CCC(C(=O)Oc1ccccc1)C(CN)C(=O)Nc1ccc2cnccc2c1.O=C(O)CC1CCCC1. The molecule has 1 heterocycles. The van der Waals surface area contributed by atoms with Gasteiger partial charge in [-0.25, -0.2) is 0 Å². The molecule has 2 aromatic carbocycles. The van der Waals surface area contributed by atoms with Crippen molar-refractivity contribution in [3.63, 3.8) is 0 Å². The molecule has 4 N–H and O–H groups in total. The van der Waals surface area contributed by atoms with E-state index in [4.69, 9.17) is 15.6 Å². The predicted molar refractivity (Wildman–Crippen MR) is 143 cm³/mol. The van der Waals surface area contributed by atoms with E-state index in [1.165, 1.54) is 12.8 Å². The van der Waals surface area contributed by atoms with Crippen LogP contribution in [-0.2, 0) is 14.4 Å². The highest BCUT2D eigenvalue weighted by molar-refractivity contribution is 5.97. The second-order valence-corrected chi connectivity index (χ2v) is 9.27. The van der Waals surface area contributed by atoms with Crippen molar-refractivity contribution in [2.75, 3.05) is 11.9 Å². The van der Waals surface area contributed by atoms with E-state index in [0.717, 1.165) is 23.6 Å². The van der Waals surface area contributed by atoms with Crippen LogP contribution in [0.2, 0.25) is 0 Å². The van der Waals surface area contributed by atoms with E-state index in [9.17, 15) is 14.4 Å². The lowest BCUT2D eigenvalue weighted by Crippen LogP contribution is -2.40.